The lowest BCUT2D eigenvalue weighted by atomic mass is 10.0. The number of carbonyl (C=O) groups excluding carboxylic acids is 1. The molecule has 2 nitrogen and oxygen atoms in total. The summed E-state index contributed by atoms with van der Waals surface area (Å²) in [6, 6.07) is 5.72. The van der Waals surface area contributed by atoms with Gasteiger partial charge in [0.25, 0.3) is 0 Å². The van der Waals surface area contributed by atoms with Crippen LogP contribution in [0.4, 0.5) is 0 Å². The van der Waals surface area contributed by atoms with E-state index >= 15 is 0 Å². The van der Waals surface area contributed by atoms with Gasteiger partial charge in [-0.2, -0.15) is 0 Å². The highest BCUT2D eigenvalue weighted by Gasteiger charge is 2.04. The average Bonchev–Trinajstić information content (AvgIpc) is 2.15. The third kappa shape index (κ3) is 2.64. The number of hydrogen-bond donors (Lipinski definition) is 1. The Hall–Kier alpha value is -0.670. The summed E-state index contributed by atoms with van der Waals surface area (Å²) in [7, 11) is 0. The Kier molecular flexibility index (Phi) is 4.12. The Morgan fingerprint density at radius 1 is 1.46 bits per heavy atom. The highest BCUT2D eigenvalue weighted by molar-refractivity contribution is 9.10. The highest BCUT2D eigenvalue weighted by atomic mass is 79.9. The van der Waals surface area contributed by atoms with Crippen molar-refractivity contribution >= 4 is 22.2 Å². The molecule has 0 amide bonds. The zero-order chi connectivity index (χ0) is 9.68. The van der Waals surface area contributed by atoms with Gasteiger partial charge in [0.2, 0.25) is 0 Å². The average molecular weight is 243 g/mol. The van der Waals surface area contributed by atoms with Crippen molar-refractivity contribution in [3.05, 3.63) is 33.8 Å². The van der Waals surface area contributed by atoms with E-state index in [1.807, 2.05) is 18.2 Å². The maximum absolute atomic E-state index is 10.2. The molecule has 0 saturated heterocycles. The predicted octanol–water partition coefficient (Wildman–Crippen LogP) is 2.07. The smallest absolute Gasteiger partial charge is 0.120 e. The molecule has 0 aliphatic carbocycles. The topological polar surface area (TPSA) is 37.3 Å². The molecule has 0 aromatic heterocycles. The van der Waals surface area contributed by atoms with Crippen LogP contribution in [0.25, 0.3) is 0 Å². The van der Waals surface area contributed by atoms with Gasteiger partial charge in [-0.3, -0.25) is 0 Å². The number of rotatable bonds is 4. The van der Waals surface area contributed by atoms with E-state index in [1.165, 1.54) is 0 Å². The lowest BCUT2D eigenvalue weighted by Gasteiger charge is -2.07. The first kappa shape index (κ1) is 10.4. The first-order valence-electron chi connectivity index (χ1n) is 4.10. The molecular weight excluding hydrogens is 232 g/mol. The zero-order valence-electron chi connectivity index (χ0n) is 7.16. The van der Waals surface area contributed by atoms with Crippen molar-refractivity contribution in [1.82, 2.24) is 0 Å². The third-order valence-corrected chi connectivity index (χ3v) is 2.65. The summed E-state index contributed by atoms with van der Waals surface area (Å²) in [4.78, 5) is 10.2. The number of aliphatic hydroxyl groups excluding tert-OH is 1. The van der Waals surface area contributed by atoms with Crippen LogP contribution in [-0.2, 0) is 17.8 Å². The molecule has 13 heavy (non-hydrogen) atoms. The first-order chi connectivity index (χ1) is 6.29. The normalized spacial score (nSPS) is 10.0. The fourth-order valence-corrected chi connectivity index (χ4v) is 1.76. The van der Waals surface area contributed by atoms with Crippen LogP contribution in [0.5, 0.6) is 0 Å². The molecule has 0 bridgehead atoms. The van der Waals surface area contributed by atoms with Crippen LogP contribution in [0.15, 0.2) is 22.7 Å². The Morgan fingerprint density at radius 3 is 2.85 bits per heavy atom. The van der Waals surface area contributed by atoms with Crippen LogP contribution >= 0.6 is 15.9 Å². The van der Waals surface area contributed by atoms with Crippen molar-refractivity contribution in [1.29, 1.82) is 0 Å². The molecule has 0 aliphatic rings. The van der Waals surface area contributed by atoms with Gasteiger partial charge in [0.05, 0.1) is 6.61 Å². The van der Waals surface area contributed by atoms with Gasteiger partial charge in [-0.1, -0.05) is 28.1 Å². The molecule has 70 valence electrons. The minimum absolute atomic E-state index is 0.00954. The molecule has 0 aliphatic heterocycles. The second-order valence-electron chi connectivity index (χ2n) is 2.74. The number of aryl methyl sites for hydroxylation is 1. The molecule has 0 heterocycles. The van der Waals surface area contributed by atoms with Crippen LogP contribution < -0.4 is 0 Å². The standard InChI is InChI=1S/C10H11BrO2/c11-10-5-1-3-8(4-2-6-12)9(10)7-13/h1,3,5-6,13H,2,4,7H2. The van der Waals surface area contributed by atoms with E-state index in [4.69, 9.17) is 5.11 Å². The van der Waals surface area contributed by atoms with Gasteiger partial charge >= 0.3 is 0 Å². The van der Waals surface area contributed by atoms with Gasteiger partial charge in [-0.05, 0) is 23.6 Å². The summed E-state index contributed by atoms with van der Waals surface area (Å²) in [5.41, 5.74) is 1.91. The maximum atomic E-state index is 10.2. The molecule has 0 saturated carbocycles. The summed E-state index contributed by atoms with van der Waals surface area (Å²) < 4.78 is 0.901. The van der Waals surface area contributed by atoms with E-state index in [9.17, 15) is 4.79 Å². The number of benzene rings is 1. The fraction of sp³-hybridized carbons (Fsp3) is 0.300. The molecular formula is C10H11BrO2. The molecule has 0 spiro atoms. The molecule has 0 unspecified atom stereocenters. The Morgan fingerprint density at radius 2 is 2.23 bits per heavy atom. The van der Waals surface area contributed by atoms with E-state index in [2.05, 4.69) is 15.9 Å². The lowest BCUT2D eigenvalue weighted by Crippen LogP contribution is -1.95. The van der Waals surface area contributed by atoms with Crippen LogP contribution in [-0.4, -0.2) is 11.4 Å². The quantitative estimate of drug-likeness (QED) is 0.822. The van der Waals surface area contributed by atoms with Crippen LogP contribution in [0.2, 0.25) is 0 Å². The monoisotopic (exact) mass is 242 g/mol. The van der Waals surface area contributed by atoms with Crippen LogP contribution in [0.1, 0.15) is 17.5 Å². The molecule has 1 rings (SSSR count). The second-order valence-corrected chi connectivity index (χ2v) is 3.60. The Bertz CT molecular complexity index is 297. The second kappa shape index (κ2) is 5.14. The van der Waals surface area contributed by atoms with E-state index in [1.54, 1.807) is 0 Å². The van der Waals surface area contributed by atoms with Gasteiger partial charge in [0.1, 0.15) is 6.29 Å². The van der Waals surface area contributed by atoms with Crippen molar-refractivity contribution in [3.8, 4) is 0 Å². The minimum atomic E-state index is 0.00954. The van der Waals surface area contributed by atoms with Crippen LogP contribution in [0, 0.1) is 0 Å². The Balaban J connectivity index is 2.91. The third-order valence-electron chi connectivity index (χ3n) is 1.91. The predicted molar refractivity (Wildman–Crippen MR) is 54.4 cm³/mol. The van der Waals surface area contributed by atoms with E-state index in [-0.39, 0.29) is 6.61 Å². The molecule has 1 aromatic carbocycles. The van der Waals surface area contributed by atoms with Crippen LogP contribution in [0.3, 0.4) is 0 Å². The highest BCUT2D eigenvalue weighted by Crippen LogP contribution is 2.21. The van der Waals surface area contributed by atoms with Gasteiger partial charge in [-0.15, -0.1) is 0 Å². The number of hydrogen-bond acceptors (Lipinski definition) is 2. The van der Waals surface area contributed by atoms with Gasteiger partial charge in [-0.25, -0.2) is 0 Å². The zero-order valence-corrected chi connectivity index (χ0v) is 8.75. The molecule has 0 radical (unpaired) electrons. The molecule has 1 aromatic rings. The summed E-state index contributed by atoms with van der Waals surface area (Å²) in [6.45, 7) is 0.00954. The first-order valence-corrected chi connectivity index (χ1v) is 4.89. The van der Waals surface area contributed by atoms with Crippen molar-refractivity contribution < 1.29 is 9.90 Å². The largest absolute Gasteiger partial charge is 0.392 e. The number of carbonyl (C=O) groups is 1. The number of halogens is 1. The van der Waals surface area contributed by atoms with Crippen molar-refractivity contribution in [3.63, 3.8) is 0 Å². The molecule has 1 N–H and O–H groups in total. The Labute approximate surface area is 85.7 Å². The van der Waals surface area contributed by atoms with Gasteiger partial charge < -0.3 is 9.90 Å². The molecule has 0 fully saturated rings. The van der Waals surface area contributed by atoms with Gasteiger partial charge in [0, 0.05) is 10.9 Å². The summed E-state index contributed by atoms with van der Waals surface area (Å²) in [6.07, 6.45) is 2.09. The van der Waals surface area contributed by atoms with E-state index in [0.29, 0.717) is 12.8 Å². The number of aldehydes is 1. The van der Waals surface area contributed by atoms with E-state index in [0.717, 1.165) is 21.9 Å². The van der Waals surface area contributed by atoms with Crippen molar-refractivity contribution in [2.45, 2.75) is 19.4 Å². The van der Waals surface area contributed by atoms with E-state index < -0.39 is 0 Å². The fourth-order valence-electron chi connectivity index (χ4n) is 1.23. The van der Waals surface area contributed by atoms with Crippen molar-refractivity contribution in [2.75, 3.05) is 0 Å². The minimum Gasteiger partial charge on any atom is -0.392 e. The summed E-state index contributed by atoms with van der Waals surface area (Å²) in [5, 5.41) is 9.08. The van der Waals surface area contributed by atoms with Gasteiger partial charge in [0.15, 0.2) is 0 Å². The number of aliphatic hydroxyl groups is 1. The lowest BCUT2D eigenvalue weighted by molar-refractivity contribution is -0.107. The summed E-state index contributed by atoms with van der Waals surface area (Å²) in [5.74, 6) is 0. The SMILES string of the molecule is O=CCCc1cccc(Br)c1CO. The molecule has 0 atom stereocenters. The maximum Gasteiger partial charge on any atom is 0.120 e. The van der Waals surface area contributed by atoms with Crippen molar-refractivity contribution in [2.24, 2.45) is 0 Å². The summed E-state index contributed by atoms with van der Waals surface area (Å²) >= 11 is 3.35. The molecule has 3 heteroatoms.